The molecule has 0 spiro atoms. The van der Waals surface area contributed by atoms with Crippen LogP contribution < -0.4 is 10.6 Å². The molecule has 1 amide bonds. The maximum Gasteiger partial charge on any atom is 0.270 e. The molecule has 2 rings (SSSR count). The number of nitrogens with zero attached hydrogens (tertiary/aromatic N) is 3. The smallest absolute Gasteiger partial charge is 0.270 e. The fourth-order valence-corrected chi connectivity index (χ4v) is 1.82. The predicted molar refractivity (Wildman–Crippen MR) is 82.5 cm³/mol. The fraction of sp³-hybridized carbons (Fsp3) is 0.333. The molecule has 116 valence electrons. The lowest BCUT2D eigenvalue weighted by Crippen LogP contribution is -2.25. The number of carbonyl (C=O) groups is 1. The molecule has 0 fully saturated rings. The molecule has 0 saturated carbocycles. The number of amides is 1. The number of carbonyl (C=O) groups excluding carboxylic acids is 1. The quantitative estimate of drug-likeness (QED) is 0.746. The average Bonchev–Trinajstić information content (AvgIpc) is 2.53. The van der Waals surface area contributed by atoms with Gasteiger partial charge in [0.1, 0.15) is 17.3 Å². The SMILES string of the molecule is COCCNc1cc(C(=O)NCc2ccccn2)nc(C)n1. The molecule has 2 aromatic rings. The number of nitrogens with one attached hydrogen (secondary N) is 2. The van der Waals surface area contributed by atoms with Gasteiger partial charge in [0.2, 0.25) is 0 Å². The number of hydrogen-bond donors (Lipinski definition) is 2. The Morgan fingerprint density at radius 2 is 2.18 bits per heavy atom. The largest absolute Gasteiger partial charge is 0.383 e. The zero-order valence-electron chi connectivity index (χ0n) is 12.7. The fourth-order valence-electron chi connectivity index (χ4n) is 1.82. The lowest BCUT2D eigenvalue weighted by Gasteiger charge is -2.08. The third-order valence-corrected chi connectivity index (χ3v) is 2.84. The molecule has 0 aliphatic rings. The highest BCUT2D eigenvalue weighted by Crippen LogP contribution is 2.07. The van der Waals surface area contributed by atoms with Gasteiger partial charge < -0.3 is 15.4 Å². The standard InChI is InChI=1S/C15H19N5O2/c1-11-19-13(9-14(20-11)17-7-8-22-2)15(21)18-10-12-5-3-4-6-16-12/h3-6,9H,7-8,10H2,1-2H3,(H,18,21)(H,17,19,20). The zero-order valence-corrected chi connectivity index (χ0v) is 12.7. The summed E-state index contributed by atoms with van der Waals surface area (Å²) in [5.41, 5.74) is 1.11. The number of aryl methyl sites for hydroxylation is 1. The van der Waals surface area contributed by atoms with Gasteiger partial charge in [-0.3, -0.25) is 9.78 Å². The van der Waals surface area contributed by atoms with Gasteiger partial charge in [-0.1, -0.05) is 6.07 Å². The van der Waals surface area contributed by atoms with Gasteiger partial charge in [0.25, 0.3) is 5.91 Å². The van der Waals surface area contributed by atoms with Crippen LogP contribution in [0.15, 0.2) is 30.5 Å². The van der Waals surface area contributed by atoms with Crippen LogP contribution in [-0.2, 0) is 11.3 Å². The van der Waals surface area contributed by atoms with E-state index in [1.165, 1.54) is 0 Å². The summed E-state index contributed by atoms with van der Waals surface area (Å²) in [4.78, 5) is 24.7. The molecule has 0 radical (unpaired) electrons. The second-order valence-electron chi connectivity index (χ2n) is 4.61. The predicted octanol–water partition coefficient (Wildman–Crippen LogP) is 1.17. The first-order valence-electron chi connectivity index (χ1n) is 6.95. The molecule has 2 heterocycles. The van der Waals surface area contributed by atoms with Crippen molar-refractivity contribution in [3.63, 3.8) is 0 Å². The Bertz CT molecular complexity index is 619. The topological polar surface area (TPSA) is 89.0 Å². The Morgan fingerprint density at radius 3 is 2.91 bits per heavy atom. The van der Waals surface area contributed by atoms with Crippen LogP contribution in [0.5, 0.6) is 0 Å². The van der Waals surface area contributed by atoms with Gasteiger partial charge in [0.05, 0.1) is 18.8 Å². The van der Waals surface area contributed by atoms with Crippen LogP contribution in [0.1, 0.15) is 22.0 Å². The van der Waals surface area contributed by atoms with Gasteiger partial charge in [-0.2, -0.15) is 0 Å². The van der Waals surface area contributed by atoms with Crippen LogP contribution in [0.3, 0.4) is 0 Å². The van der Waals surface area contributed by atoms with E-state index in [0.29, 0.717) is 37.0 Å². The summed E-state index contributed by atoms with van der Waals surface area (Å²) < 4.78 is 4.97. The second-order valence-corrected chi connectivity index (χ2v) is 4.61. The molecule has 0 saturated heterocycles. The van der Waals surface area contributed by atoms with E-state index in [1.807, 2.05) is 18.2 Å². The lowest BCUT2D eigenvalue weighted by atomic mass is 10.3. The first-order chi connectivity index (χ1) is 10.7. The van der Waals surface area contributed by atoms with Crippen molar-refractivity contribution in [1.82, 2.24) is 20.3 Å². The van der Waals surface area contributed by atoms with Crippen LogP contribution in [0.4, 0.5) is 5.82 Å². The summed E-state index contributed by atoms with van der Waals surface area (Å²) in [6.45, 7) is 3.28. The summed E-state index contributed by atoms with van der Waals surface area (Å²) in [6.07, 6.45) is 1.69. The van der Waals surface area contributed by atoms with Gasteiger partial charge in [-0.25, -0.2) is 9.97 Å². The van der Waals surface area contributed by atoms with Crippen molar-refractivity contribution in [2.75, 3.05) is 25.6 Å². The first kappa shape index (κ1) is 15.8. The molecule has 2 N–H and O–H groups in total. The van der Waals surface area contributed by atoms with Gasteiger partial charge >= 0.3 is 0 Å². The van der Waals surface area contributed by atoms with Crippen molar-refractivity contribution in [1.29, 1.82) is 0 Å². The summed E-state index contributed by atoms with van der Waals surface area (Å²) >= 11 is 0. The molecule has 0 bridgehead atoms. The molecule has 0 aromatic carbocycles. The van der Waals surface area contributed by atoms with Gasteiger partial charge in [-0.15, -0.1) is 0 Å². The molecule has 2 aromatic heterocycles. The minimum atomic E-state index is -0.258. The van der Waals surface area contributed by atoms with E-state index in [4.69, 9.17) is 4.74 Å². The first-order valence-corrected chi connectivity index (χ1v) is 6.95. The highest BCUT2D eigenvalue weighted by Gasteiger charge is 2.10. The van der Waals surface area contributed by atoms with Crippen LogP contribution in [0.2, 0.25) is 0 Å². The van der Waals surface area contributed by atoms with Crippen LogP contribution >= 0.6 is 0 Å². The highest BCUT2D eigenvalue weighted by molar-refractivity contribution is 5.92. The Morgan fingerprint density at radius 1 is 1.32 bits per heavy atom. The normalized spacial score (nSPS) is 10.3. The summed E-state index contributed by atoms with van der Waals surface area (Å²) in [6, 6.07) is 7.18. The highest BCUT2D eigenvalue weighted by atomic mass is 16.5. The maximum absolute atomic E-state index is 12.2. The molecule has 0 unspecified atom stereocenters. The van der Waals surface area contributed by atoms with Crippen molar-refractivity contribution in [3.8, 4) is 0 Å². The van der Waals surface area contributed by atoms with Gasteiger partial charge in [0, 0.05) is 25.9 Å². The van der Waals surface area contributed by atoms with Gasteiger partial charge in [-0.05, 0) is 19.1 Å². The number of aromatic nitrogens is 3. The molecule has 0 aliphatic heterocycles. The Balaban J connectivity index is 1.99. The van der Waals surface area contributed by atoms with E-state index < -0.39 is 0 Å². The third-order valence-electron chi connectivity index (χ3n) is 2.84. The molecule has 7 nitrogen and oxygen atoms in total. The number of pyridine rings is 1. The Labute approximate surface area is 129 Å². The summed E-state index contributed by atoms with van der Waals surface area (Å²) in [5, 5.41) is 5.88. The number of ether oxygens (including phenoxy) is 1. The average molecular weight is 301 g/mol. The summed E-state index contributed by atoms with van der Waals surface area (Å²) in [7, 11) is 1.63. The Kier molecular flexibility index (Phi) is 5.79. The van der Waals surface area contributed by atoms with E-state index in [2.05, 4.69) is 25.6 Å². The van der Waals surface area contributed by atoms with E-state index in [0.717, 1.165) is 5.69 Å². The number of hydrogen-bond acceptors (Lipinski definition) is 6. The van der Waals surface area contributed by atoms with E-state index in [1.54, 1.807) is 26.3 Å². The molecule has 0 atom stereocenters. The van der Waals surface area contributed by atoms with E-state index in [9.17, 15) is 4.79 Å². The number of rotatable bonds is 7. The zero-order chi connectivity index (χ0) is 15.8. The van der Waals surface area contributed by atoms with E-state index >= 15 is 0 Å². The monoisotopic (exact) mass is 301 g/mol. The molecular weight excluding hydrogens is 282 g/mol. The Hall–Kier alpha value is -2.54. The lowest BCUT2D eigenvalue weighted by molar-refractivity contribution is 0.0945. The van der Waals surface area contributed by atoms with Crippen molar-refractivity contribution in [2.45, 2.75) is 13.5 Å². The van der Waals surface area contributed by atoms with Crippen LogP contribution in [-0.4, -0.2) is 41.1 Å². The van der Waals surface area contributed by atoms with E-state index in [-0.39, 0.29) is 5.91 Å². The van der Waals surface area contributed by atoms with Crippen molar-refractivity contribution < 1.29 is 9.53 Å². The number of methoxy groups -OCH3 is 1. The van der Waals surface area contributed by atoms with Crippen LogP contribution in [0.25, 0.3) is 0 Å². The summed E-state index contributed by atoms with van der Waals surface area (Å²) in [5.74, 6) is 0.879. The second kappa shape index (κ2) is 8.04. The number of anilines is 1. The minimum Gasteiger partial charge on any atom is -0.383 e. The minimum absolute atomic E-state index is 0.258. The molecule has 0 aliphatic carbocycles. The third kappa shape index (κ3) is 4.78. The molecule has 7 heteroatoms. The van der Waals surface area contributed by atoms with Crippen molar-refractivity contribution in [2.24, 2.45) is 0 Å². The maximum atomic E-state index is 12.2. The van der Waals surface area contributed by atoms with Gasteiger partial charge in [0.15, 0.2) is 0 Å². The van der Waals surface area contributed by atoms with Crippen LogP contribution in [0, 0.1) is 6.92 Å². The van der Waals surface area contributed by atoms with Crippen molar-refractivity contribution >= 4 is 11.7 Å². The van der Waals surface area contributed by atoms with Crippen molar-refractivity contribution in [3.05, 3.63) is 47.7 Å². The molecular formula is C15H19N5O2. The molecule has 22 heavy (non-hydrogen) atoms.